The molecule has 1 atom stereocenters. The van der Waals surface area contributed by atoms with E-state index in [0.29, 0.717) is 19.7 Å². The van der Waals surface area contributed by atoms with Gasteiger partial charge in [-0.2, -0.15) is 0 Å². The number of carbonyl (C=O) groups excluding carboxylic acids is 2. The number of ether oxygens (including phenoxy) is 1. The van der Waals surface area contributed by atoms with Gasteiger partial charge in [-0.05, 0) is 37.1 Å². The average Bonchev–Trinajstić information content (AvgIpc) is 3.08. The highest BCUT2D eigenvalue weighted by Gasteiger charge is 2.34. The summed E-state index contributed by atoms with van der Waals surface area (Å²) < 4.78 is 5.58. The molecule has 2 aromatic carbocycles. The maximum Gasteiger partial charge on any atom is 0.227 e. The smallest absolute Gasteiger partial charge is 0.227 e. The van der Waals surface area contributed by atoms with Gasteiger partial charge in [0.2, 0.25) is 11.8 Å². The van der Waals surface area contributed by atoms with Gasteiger partial charge < -0.3 is 15.0 Å². The van der Waals surface area contributed by atoms with Gasteiger partial charge in [0.15, 0.2) is 0 Å². The monoisotopic (exact) mass is 366 g/mol. The van der Waals surface area contributed by atoms with Crippen LogP contribution in [-0.2, 0) is 27.5 Å². The minimum absolute atomic E-state index is 0.00384. The van der Waals surface area contributed by atoms with E-state index in [1.165, 1.54) is 0 Å². The maximum atomic E-state index is 12.5. The van der Waals surface area contributed by atoms with Gasteiger partial charge in [0, 0.05) is 25.2 Å². The summed E-state index contributed by atoms with van der Waals surface area (Å²) in [6.45, 7) is 5.50. The molecule has 1 heterocycles. The first-order valence-electron chi connectivity index (χ1n) is 9.35. The molecule has 0 aliphatic carbocycles. The molecule has 0 unspecified atom stereocenters. The quantitative estimate of drug-likeness (QED) is 0.818. The van der Waals surface area contributed by atoms with Crippen molar-refractivity contribution in [1.29, 1.82) is 0 Å². The Hall–Kier alpha value is -2.66. The van der Waals surface area contributed by atoms with Crippen LogP contribution in [0, 0.1) is 5.92 Å². The van der Waals surface area contributed by atoms with Crippen molar-refractivity contribution >= 4 is 17.5 Å². The fourth-order valence-corrected chi connectivity index (χ4v) is 3.09. The molecule has 1 saturated heterocycles. The van der Waals surface area contributed by atoms with Crippen molar-refractivity contribution in [3.63, 3.8) is 0 Å². The number of rotatable bonds is 7. The first-order chi connectivity index (χ1) is 13.0. The van der Waals surface area contributed by atoms with Gasteiger partial charge in [0.05, 0.1) is 18.6 Å². The molecule has 1 fully saturated rings. The van der Waals surface area contributed by atoms with E-state index in [-0.39, 0.29) is 30.3 Å². The summed E-state index contributed by atoms with van der Waals surface area (Å²) in [5.74, 6) is -0.388. The van der Waals surface area contributed by atoms with Crippen molar-refractivity contribution in [3.8, 4) is 0 Å². The molecule has 3 rings (SSSR count). The minimum atomic E-state index is -0.309. The zero-order valence-electron chi connectivity index (χ0n) is 15.9. The number of benzene rings is 2. The molecule has 0 bridgehead atoms. The van der Waals surface area contributed by atoms with Gasteiger partial charge in [0.25, 0.3) is 0 Å². The fraction of sp³-hybridized carbons (Fsp3) is 0.364. The number of para-hydroxylation sites is 1. The molecule has 27 heavy (non-hydrogen) atoms. The largest absolute Gasteiger partial charge is 0.374 e. The molecule has 2 aromatic rings. The number of nitrogens with one attached hydrogen (secondary N) is 1. The highest BCUT2D eigenvalue weighted by Crippen LogP contribution is 2.24. The molecule has 1 aliphatic rings. The number of amides is 2. The third-order valence-corrected chi connectivity index (χ3v) is 4.64. The van der Waals surface area contributed by atoms with Crippen LogP contribution in [0.1, 0.15) is 31.4 Å². The van der Waals surface area contributed by atoms with Crippen LogP contribution in [0.15, 0.2) is 54.6 Å². The van der Waals surface area contributed by atoms with E-state index in [1.54, 1.807) is 4.90 Å². The Morgan fingerprint density at radius 1 is 1.11 bits per heavy atom. The van der Waals surface area contributed by atoms with Crippen molar-refractivity contribution in [2.45, 2.75) is 39.5 Å². The van der Waals surface area contributed by atoms with Crippen LogP contribution in [-0.4, -0.2) is 24.5 Å². The predicted octanol–water partition coefficient (Wildman–Crippen LogP) is 3.28. The predicted molar refractivity (Wildman–Crippen MR) is 105 cm³/mol. The lowest BCUT2D eigenvalue weighted by Gasteiger charge is -2.16. The number of carbonyl (C=O) groups is 2. The topological polar surface area (TPSA) is 58.6 Å². The summed E-state index contributed by atoms with van der Waals surface area (Å²) >= 11 is 0. The van der Waals surface area contributed by atoms with E-state index >= 15 is 0 Å². The second kappa shape index (κ2) is 8.82. The van der Waals surface area contributed by atoms with Crippen molar-refractivity contribution in [1.82, 2.24) is 5.32 Å². The van der Waals surface area contributed by atoms with Gasteiger partial charge in [-0.1, -0.05) is 42.5 Å². The van der Waals surface area contributed by atoms with Gasteiger partial charge in [0.1, 0.15) is 0 Å². The molecule has 0 aromatic heterocycles. The lowest BCUT2D eigenvalue weighted by molar-refractivity contribution is -0.126. The van der Waals surface area contributed by atoms with Gasteiger partial charge in [-0.3, -0.25) is 9.59 Å². The molecule has 2 amide bonds. The molecule has 1 aliphatic heterocycles. The molecule has 0 radical (unpaired) electrons. The maximum absolute atomic E-state index is 12.5. The third kappa shape index (κ3) is 5.17. The Balaban J connectivity index is 1.50. The third-order valence-electron chi connectivity index (χ3n) is 4.64. The molecule has 0 saturated carbocycles. The summed E-state index contributed by atoms with van der Waals surface area (Å²) in [6.07, 6.45) is 0.459. The van der Waals surface area contributed by atoms with Gasteiger partial charge >= 0.3 is 0 Å². The second-order valence-electron chi connectivity index (χ2n) is 7.14. The summed E-state index contributed by atoms with van der Waals surface area (Å²) in [4.78, 5) is 26.4. The Morgan fingerprint density at radius 3 is 2.44 bits per heavy atom. The van der Waals surface area contributed by atoms with Gasteiger partial charge in [-0.25, -0.2) is 0 Å². The lowest BCUT2D eigenvalue weighted by atomic mass is 10.1. The minimum Gasteiger partial charge on any atom is -0.374 e. The zero-order valence-corrected chi connectivity index (χ0v) is 15.9. The first-order valence-corrected chi connectivity index (χ1v) is 9.35. The summed E-state index contributed by atoms with van der Waals surface area (Å²) in [6, 6.07) is 17.5. The summed E-state index contributed by atoms with van der Waals surface area (Å²) in [5.41, 5.74) is 2.98. The molecule has 0 spiro atoms. The first kappa shape index (κ1) is 19.1. The standard InChI is InChI=1S/C22H26N2O3/c1-16(2)27-15-18-10-8-17(9-11-18)13-23-22(26)19-12-21(25)24(14-19)20-6-4-3-5-7-20/h3-11,16,19H,12-15H2,1-2H3,(H,23,26)/t19-/m0/s1. The van der Waals surface area contributed by atoms with E-state index in [0.717, 1.165) is 16.8 Å². The van der Waals surface area contributed by atoms with Crippen LogP contribution in [0.5, 0.6) is 0 Å². The molecular weight excluding hydrogens is 340 g/mol. The summed E-state index contributed by atoms with van der Waals surface area (Å²) in [5, 5.41) is 2.95. The molecule has 142 valence electrons. The average molecular weight is 366 g/mol. The van der Waals surface area contributed by atoms with Crippen molar-refractivity contribution in [2.75, 3.05) is 11.4 Å². The molecule has 1 N–H and O–H groups in total. The van der Waals surface area contributed by atoms with Gasteiger partial charge in [-0.15, -0.1) is 0 Å². The SMILES string of the molecule is CC(C)OCc1ccc(CNC(=O)[C@H]2CC(=O)N(c3ccccc3)C2)cc1. The number of hydrogen-bond donors (Lipinski definition) is 1. The Morgan fingerprint density at radius 2 is 1.78 bits per heavy atom. The number of nitrogens with zero attached hydrogens (tertiary/aromatic N) is 1. The fourth-order valence-electron chi connectivity index (χ4n) is 3.09. The Bertz CT molecular complexity index is 772. The van der Waals surface area contributed by atoms with E-state index in [4.69, 9.17) is 4.74 Å². The Labute approximate surface area is 160 Å². The zero-order chi connectivity index (χ0) is 19.2. The number of hydrogen-bond acceptors (Lipinski definition) is 3. The van der Waals surface area contributed by atoms with Crippen molar-refractivity contribution < 1.29 is 14.3 Å². The van der Waals surface area contributed by atoms with E-state index in [2.05, 4.69) is 5.32 Å². The van der Waals surface area contributed by atoms with Crippen LogP contribution in [0.4, 0.5) is 5.69 Å². The van der Waals surface area contributed by atoms with Crippen molar-refractivity contribution in [2.24, 2.45) is 5.92 Å². The highest BCUT2D eigenvalue weighted by molar-refractivity contribution is 6.00. The van der Waals surface area contributed by atoms with Crippen molar-refractivity contribution in [3.05, 3.63) is 65.7 Å². The normalized spacial score (nSPS) is 16.8. The molecule has 5 heteroatoms. The summed E-state index contributed by atoms with van der Waals surface area (Å²) in [7, 11) is 0. The molecular formula is C22H26N2O3. The van der Waals surface area contributed by atoms with Crippen LogP contribution in [0.3, 0.4) is 0 Å². The van der Waals surface area contributed by atoms with Crippen LogP contribution >= 0.6 is 0 Å². The van der Waals surface area contributed by atoms with E-state index in [1.807, 2.05) is 68.4 Å². The highest BCUT2D eigenvalue weighted by atomic mass is 16.5. The van der Waals surface area contributed by atoms with Crippen LogP contribution in [0.2, 0.25) is 0 Å². The van der Waals surface area contributed by atoms with Crippen LogP contribution < -0.4 is 10.2 Å². The number of anilines is 1. The molecule has 5 nitrogen and oxygen atoms in total. The van der Waals surface area contributed by atoms with Crippen LogP contribution in [0.25, 0.3) is 0 Å². The second-order valence-corrected chi connectivity index (χ2v) is 7.14. The van der Waals surface area contributed by atoms with E-state index < -0.39 is 0 Å². The van der Waals surface area contributed by atoms with E-state index in [9.17, 15) is 9.59 Å². The Kier molecular flexibility index (Phi) is 6.24. The lowest BCUT2D eigenvalue weighted by Crippen LogP contribution is -2.32.